The summed E-state index contributed by atoms with van der Waals surface area (Å²) in [7, 11) is 1.54. The number of aryl methyl sites for hydroxylation is 1. The van der Waals surface area contributed by atoms with Crippen molar-refractivity contribution < 1.29 is 13.6 Å². The fourth-order valence-electron chi connectivity index (χ4n) is 4.96. The van der Waals surface area contributed by atoms with Gasteiger partial charge in [-0.3, -0.25) is 14.5 Å². The number of carbonyl (C=O) groups is 1. The van der Waals surface area contributed by atoms with Crippen molar-refractivity contribution in [2.24, 2.45) is 0 Å². The lowest BCUT2D eigenvalue weighted by Gasteiger charge is -2.35. The van der Waals surface area contributed by atoms with Crippen molar-refractivity contribution in [2.45, 2.75) is 13.5 Å². The topological polar surface area (TPSA) is 112 Å². The van der Waals surface area contributed by atoms with Crippen molar-refractivity contribution in [3.8, 4) is 0 Å². The molecule has 4 heterocycles. The first kappa shape index (κ1) is 23.9. The Balaban J connectivity index is 1.21. The Morgan fingerprint density at radius 3 is 2.61 bits per heavy atom. The van der Waals surface area contributed by atoms with Gasteiger partial charge in [-0.15, -0.1) is 0 Å². The molecule has 0 spiro atoms. The van der Waals surface area contributed by atoms with Crippen LogP contribution in [0.2, 0.25) is 0 Å². The summed E-state index contributed by atoms with van der Waals surface area (Å²) in [5, 5.41) is 6.83. The molecule has 12 heteroatoms. The molecule has 38 heavy (non-hydrogen) atoms. The zero-order valence-corrected chi connectivity index (χ0v) is 20.8. The van der Waals surface area contributed by atoms with E-state index in [1.165, 1.54) is 10.6 Å². The number of nitrogens with one attached hydrogen (secondary N) is 2. The summed E-state index contributed by atoms with van der Waals surface area (Å²) in [6.45, 7) is 4.37. The van der Waals surface area contributed by atoms with Crippen LogP contribution in [0, 0.1) is 18.7 Å². The smallest absolute Gasteiger partial charge is 0.274 e. The summed E-state index contributed by atoms with van der Waals surface area (Å²) in [6.07, 6.45) is 0. The number of carbonyl (C=O) groups excluding carboxylic acids is 1. The quantitative estimate of drug-likeness (QED) is 0.376. The molecule has 1 aliphatic rings. The van der Waals surface area contributed by atoms with Crippen LogP contribution in [0.5, 0.6) is 0 Å². The summed E-state index contributed by atoms with van der Waals surface area (Å²) in [5.74, 6) is -1.25. The zero-order valence-electron chi connectivity index (χ0n) is 20.8. The van der Waals surface area contributed by atoms with E-state index in [-0.39, 0.29) is 22.8 Å². The fourth-order valence-corrected chi connectivity index (χ4v) is 4.96. The Kier molecular flexibility index (Phi) is 5.75. The van der Waals surface area contributed by atoms with Gasteiger partial charge in [-0.05, 0) is 48.9 Å². The number of fused-ring (bicyclic) bond motifs is 4. The molecule has 5 aromatic rings. The van der Waals surface area contributed by atoms with Crippen molar-refractivity contribution in [1.29, 1.82) is 0 Å². The number of H-pyrrole nitrogens is 1. The Morgan fingerprint density at radius 2 is 1.84 bits per heavy atom. The van der Waals surface area contributed by atoms with Crippen LogP contribution in [0.15, 0.2) is 41.2 Å². The molecule has 1 fully saturated rings. The van der Waals surface area contributed by atoms with Crippen LogP contribution in [-0.4, -0.2) is 68.6 Å². The Hall–Kier alpha value is -4.45. The highest BCUT2D eigenvalue weighted by molar-refractivity contribution is 5.97. The van der Waals surface area contributed by atoms with Gasteiger partial charge in [0.2, 0.25) is 0 Å². The second-order valence-corrected chi connectivity index (χ2v) is 9.39. The fraction of sp³-hybridized carbons (Fsp3) is 0.269. The van der Waals surface area contributed by atoms with Crippen molar-refractivity contribution in [3.63, 3.8) is 0 Å². The molecule has 3 aromatic heterocycles. The molecule has 0 aliphatic carbocycles. The number of amides is 1. The second-order valence-electron chi connectivity index (χ2n) is 9.39. The number of aromatic amines is 1. The van der Waals surface area contributed by atoms with Crippen LogP contribution < -0.4 is 15.8 Å². The monoisotopic (exact) mass is 518 g/mol. The SMILES string of the molecule is CNC(=O)c1ccc2nc(F)c(N3CCN(Cc4cc(F)c5c(c4)[nH]c(=O)c4cc(C)nn45)CC3)nc2c1. The van der Waals surface area contributed by atoms with E-state index in [1.807, 2.05) is 4.90 Å². The summed E-state index contributed by atoms with van der Waals surface area (Å²) < 4.78 is 31.3. The van der Waals surface area contributed by atoms with Gasteiger partial charge >= 0.3 is 0 Å². The number of hydrogen-bond donors (Lipinski definition) is 2. The van der Waals surface area contributed by atoms with Gasteiger partial charge in [0.1, 0.15) is 11.0 Å². The van der Waals surface area contributed by atoms with Gasteiger partial charge in [0.25, 0.3) is 17.4 Å². The number of piperazine rings is 1. The Morgan fingerprint density at radius 1 is 1.05 bits per heavy atom. The molecular formula is C26H24F2N8O2. The number of anilines is 1. The first-order valence-corrected chi connectivity index (χ1v) is 12.2. The van der Waals surface area contributed by atoms with Gasteiger partial charge in [0.15, 0.2) is 11.6 Å². The molecule has 0 bridgehead atoms. The highest BCUT2D eigenvalue weighted by Crippen LogP contribution is 2.24. The number of benzene rings is 2. The maximum absolute atomic E-state index is 15.1. The van der Waals surface area contributed by atoms with Crippen LogP contribution in [0.25, 0.3) is 27.6 Å². The average Bonchev–Trinajstić information content (AvgIpc) is 3.29. The van der Waals surface area contributed by atoms with E-state index in [0.29, 0.717) is 71.6 Å². The van der Waals surface area contributed by atoms with Crippen LogP contribution in [0.3, 0.4) is 0 Å². The van der Waals surface area contributed by atoms with E-state index >= 15 is 4.39 Å². The largest absolute Gasteiger partial charge is 0.355 e. The molecule has 1 aliphatic heterocycles. The average molecular weight is 519 g/mol. The highest BCUT2D eigenvalue weighted by atomic mass is 19.1. The molecule has 194 valence electrons. The van der Waals surface area contributed by atoms with Crippen molar-refractivity contribution >= 4 is 39.3 Å². The van der Waals surface area contributed by atoms with E-state index in [4.69, 9.17) is 0 Å². The first-order valence-electron chi connectivity index (χ1n) is 12.2. The lowest BCUT2D eigenvalue weighted by Crippen LogP contribution is -2.46. The third kappa shape index (κ3) is 4.12. The van der Waals surface area contributed by atoms with Crippen molar-refractivity contribution in [1.82, 2.24) is 34.8 Å². The maximum Gasteiger partial charge on any atom is 0.274 e. The molecule has 10 nitrogen and oxygen atoms in total. The van der Waals surface area contributed by atoms with Gasteiger partial charge in [-0.25, -0.2) is 18.9 Å². The molecule has 0 saturated carbocycles. The summed E-state index contributed by atoms with van der Waals surface area (Å²) in [6, 6.07) is 9.60. The molecular weight excluding hydrogens is 494 g/mol. The minimum Gasteiger partial charge on any atom is -0.355 e. The lowest BCUT2D eigenvalue weighted by atomic mass is 10.1. The predicted molar refractivity (Wildman–Crippen MR) is 138 cm³/mol. The summed E-state index contributed by atoms with van der Waals surface area (Å²) >= 11 is 0. The predicted octanol–water partition coefficient (Wildman–Crippen LogP) is 2.39. The molecule has 1 saturated heterocycles. The standard InChI is InChI=1S/C26H24F2N8O2/c1-14-9-21-26(38)32-20-11-15(10-17(27)22(20)36(21)33-14)13-34-5-7-35(8-6-34)24-23(28)30-18-4-3-16(25(37)29-2)12-19(18)31-24/h3-4,9-12H,5-8,13H2,1-2H3,(H,29,37)(H,32,38). The van der Waals surface area contributed by atoms with Crippen molar-refractivity contribution in [3.05, 3.63) is 75.3 Å². The van der Waals surface area contributed by atoms with Gasteiger partial charge in [0, 0.05) is 45.3 Å². The van der Waals surface area contributed by atoms with Crippen LogP contribution in [0.4, 0.5) is 14.6 Å². The Labute approximate surface area is 214 Å². The van der Waals surface area contributed by atoms with Crippen LogP contribution in [0.1, 0.15) is 21.6 Å². The number of hydrogen-bond acceptors (Lipinski definition) is 7. The molecule has 6 rings (SSSR count). The third-order valence-corrected chi connectivity index (χ3v) is 6.82. The molecule has 2 aromatic carbocycles. The molecule has 1 amide bonds. The summed E-state index contributed by atoms with van der Waals surface area (Å²) in [4.78, 5) is 39.6. The van der Waals surface area contributed by atoms with Crippen LogP contribution in [-0.2, 0) is 6.54 Å². The number of aromatic nitrogens is 5. The van der Waals surface area contributed by atoms with E-state index < -0.39 is 11.8 Å². The second kappa shape index (κ2) is 9.14. The van der Waals surface area contributed by atoms with Crippen LogP contribution >= 0.6 is 0 Å². The summed E-state index contributed by atoms with van der Waals surface area (Å²) in [5.41, 5.74) is 3.14. The number of rotatable bonds is 4. The zero-order chi connectivity index (χ0) is 26.6. The highest BCUT2D eigenvalue weighted by Gasteiger charge is 2.23. The molecule has 0 atom stereocenters. The molecule has 0 radical (unpaired) electrons. The first-order chi connectivity index (χ1) is 18.3. The van der Waals surface area contributed by atoms with Gasteiger partial charge < -0.3 is 15.2 Å². The minimum atomic E-state index is -0.667. The normalized spacial score (nSPS) is 14.6. The number of nitrogens with zero attached hydrogens (tertiary/aromatic N) is 6. The number of halogens is 2. The van der Waals surface area contributed by atoms with Gasteiger partial charge in [0.05, 0.1) is 22.2 Å². The van der Waals surface area contributed by atoms with E-state index in [1.54, 1.807) is 44.3 Å². The van der Waals surface area contributed by atoms with Crippen molar-refractivity contribution in [2.75, 3.05) is 38.1 Å². The Bertz CT molecular complexity index is 1790. The van der Waals surface area contributed by atoms with E-state index in [2.05, 4.69) is 30.3 Å². The minimum absolute atomic E-state index is 0.138. The van der Waals surface area contributed by atoms with Gasteiger partial charge in [-0.1, -0.05) is 0 Å². The van der Waals surface area contributed by atoms with E-state index in [9.17, 15) is 14.0 Å². The lowest BCUT2D eigenvalue weighted by molar-refractivity contribution is 0.0963. The molecule has 2 N–H and O–H groups in total. The molecule has 0 unspecified atom stereocenters. The third-order valence-electron chi connectivity index (χ3n) is 6.82. The van der Waals surface area contributed by atoms with E-state index in [0.717, 1.165) is 0 Å². The van der Waals surface area contributed by atoms with Gasteiger partial charge in [-0.2, -0.15) is 9.49 Å². The maximum atomic E-state index is 15.1.